The zero-order chi connectivity index (χ0) is 26.4. The number of amides is 1. The van der Waals surface area contributed by atoms with Crippen LogP contribution >= 0.6 is 11.6 Å². The highest BCUT2D eigenvalue weighted by molar-refractivity contribution is 6.31. The molecule has 36 heavy (non-hydrogen) atoms. The van der Waals surface area contributed by atoms with Gasteiger partial charge in [-0.2, -0.15) is 5.10 Å². The molecule has 1 aliphatic rings. The number of benzene rings is 1. The Morgan fingerprint density at radius 1 is 1.36 bits per heavy atom. The Labute approximate surface area is 212 Å². The van der Waals surface area contributed by atoms with Crippen LogP contribution in [0.2, 0.25) is 5.02 Å². The van der Waals surface area contributed by atoms with Crippen LogP contribution in [0.5, 0.6) is 5.75 Å². The second-order valence-corrected chi connectivity index (χ2v) is 10.0. The molecule has 1 aromatic carbocycles. The van der Waals surface area contributed by atoms with Crippen molar-refractivity contribution in [1.82, 2.24) is 24.6 Å². The highest BCUT2D eigenvalue weighted by Gasteiger charge is 2.39. The van der Waals surface area contributed by atoms with Crippen LogP contribution in [0, 0.1) is 5.82 Å². The molecule has 1 unspecified atom stereocenters. The highest BCUT2D eigenvalue weighted by atomic mass is 35.5. The van der Waals surface area contributed by atoms with Crippen LogP contribution in [0.25, 0.3) is 11.0 Å². The SMILES string of the molecule is CCOc1c(C(C)n2nc(C=O)c3c(N)ncnc32)cc(Cl)c(F)c1C1CN(C(=O)OC(C)(C)C)C1. The molecular weight excluding hydrogens is 491 g/mol. The average Bonchev–Trinajstić information content (AvgIpc) is 3.15. The van der Waals surface area contributed by atoms with Crippen LogP contribution < -0.4 is 10.5 Å². The molecule has 192 valence electrons. The van der Waals surface area contributed by atoms with Crippen LogP contribution in [0.3, 0.4) is 0 Å². The van der Waals surface area contributed by atoms with Crippen molar-refractivity contribution in [3.05, 3.63) is 40.1 Å². The van der Waals surface area contributed by atoms with Gasteiger partial charge < -0.3 is 20.1 Å². The first-order chi connectivity index (χ1) is 17.0. The zero-order valence-electron chi connectivity index (χ0n) is 20.7. The Balaban J connectivity index is 1.76. The third-order valence-corrected chi connectivity index (χ3v) is 6.21. The summed E-state index contributed by atoms with van der Waals surface area (Å²) in [5, 5.41) is 4.62. The molecule has 3 aromatic rings. The lowest BCUT2D eigenvalue weighted by molar-refractivity contribution is 0.00763. The topological polar surface area (TPSA) is 125 Å². The molecule has 0 saturated carbocycles. The van der Waals surface area contributed by atoms with E-state index in [9.17, 15) is 9.59 Å². The Kier molecular flexibility index (Phi) is 6.78. The standard InChI is InChI=1S/C24H28ClFN6O4/c1-6-35-20-14(12(2)32-22-18(16(10-33)30-32)21(27)28-11-29-22)7-15(25)19(26)17(20)13-8-31(9-13)23(34)36-24(3,4)5/h7,10-13H,6,8-9H2,1-5H3,(H2,27,28,29). The quantitative estimate of drug-likeness (QED) is 0.477. The van der Waals surface area contributed by atoms with Gasteiger partial charge in [0, 0.05) is 30.1 Å². The fourth-order valence-corrected chi connectivity index (χ4v) is 4.49. The number of likely N-dealkylation sites (tertiary alicyclic amines) is 1. The van der Waals surface area contributed by atoms with Crippen molar-refractivity contribution >= 4 is 40.8 Å². The number of halogens is 2. The van der Waals surface area contributed by atoms with Crippen molar-refractivity contribution < 1.29 is 23.5 Å². The number of aromatic nitrogens is 4. The molecule has 0 radical (unpaired) electrons. The number of rotatable bonds is 6. The first kappa shape index (κ1) is 25.6. The number of nitrogens with two attached hydrogens (primary N) is 1. The Morgan fingerprint density at radius 3 is 2.67 bits per heavy atom. The summed E-state index contributed by atoms with van der Waals surface area (Å²) in [6.45, 7) is 9.73. The van der Waals surface area contributed by atoms with E-state index in [4.69, 9.17) is 26.8 Å². The van der Waals surface area contributed by atoms with Gasteiger partial charge in [-0.3, -0.25) is 4.79 Å². The number of hydrogen-bond acceptors (Lipinski definition) is 8. The number of nitrogen functional groups attached to an aromatic ring is 1. The van der Waals surface area contributed by atoms with E-state index >= 15 is 4.39 Å². The van der Waals surface area contributed by atoms with E-state index in [1.165, 1.54) is 22.0 Å². The van der Waals surface area contributed by atoms with E-state index in [2.05, 4.69) is 15.1 Å². The molecule has 2 N–H and O–H groups in total. The zero-order valence-corrected chi connectivity index (χ0v) is 21.5. The number of carbonyl (C=O) groups is 2. The number of nitrogens with zero attached hydrogens (tertiary/aromatic N) is 5. The maximum Gasteiger partial charge on any atom is 0.410 e. The molecule has 1 amide bonds. The summed E-state index contributed by atoms with van der Waals surface area (Å²) < 4.78 is 28.3. The summed E-state index contributed by atoms with van der Waals surface area (Å²) in [4.78, 5) is 33.8. The van der Waals surface area contributed by atoms with Crippen molar-refractivity contribution in [2.24, 2.45) is 0 Å². The predicted molar refractivity (Wildman–Crippen MR) is 132 cm³/mol. The van der Waals surface area contributed by atoms with Crippen LogP contribution in [0.15, 0.2) is 12.4 Å². The van der Waals surface area contributed by atoms with Gasteiger partial charge in [-0.25, -0.2) is 23.8 Å². The number of ether oxygens (including phenoxy) is 2. The number of aldehydes is 1. The molecule has 1 atom stereocenters. The summed E-state index contributed by atoms with van der Waals surface area (Å²) >= 11 is 6.34. The van der Waals surface area contributed by atoms with Crippen molar-refractivity contribution in [2.75, 3.05) is 25.4 Å². The minimum absolute atomic E-state index is 0.0905. The smallest absolute Gasteiger partial charge is 0.410 e. The number of anilines is 1. The summed E-state index contributed by atoms with van der Waals surface area (Å²) in [5.74, 6) is -0.504. The molecule has 0 spiro atoms. The van der Waals surface area contributed by atoms with Gasteiger partial charge >= 0.3 is 6.09 Å². The second kappa shape index (κ2) is 9.53. The summed E-state index contributed by atoms with van der Waals surface area (Å²) in [5.41, 5.74) is 6.61. The monoisotopic (exact) mass is 518 g/mol. The third-order valence-electron chi connectivity index (χ3n) is 5.94. The Bertz CT molecular complexity index is 1330. The number of fused-ring (bicyclic) bond motifs is 1. The van der Waals surface area contributed by atoms with Crippen molar-refractivity contribution in [3.8, 4) is 5.75 Å². The molecule has 1 saturated heterocycles. The van der Waals surface area contributed by atoms with Gasteiger partial charge in [0.15, 0.2) is 11.9 Å². The largest absolute Gasteiger partial charge is 0.493 e. The summed E-state index contributed by atoms with van der Waals surface area (Å²) in [7, 11) is 0. The summed E-state index contributed by atoms with van der Waals surface area (Å²) in [6, 6.07) is 0.926. The Hall–Kier alpha value is -3.47. The van der Waals surface area contributed by atoms with Crippen LogP contribution in [-0.2, 0) is 4.74 Å². The van der Waals surface area contributed by atoms with E-state index < -0.39 is 23.6 Å². The van der Waals surface area contributed by atoms with Crippen LogP contribution in [-0.4, -0.2) is 62.3 Å². The van der Waals surface area contributed by atoms with Crippen molar-refractivity contribution in [1.29, 1.82) is 0 Å². The normalized spacial score (nSPS) is 15.0. The molecular formula is C24H28ClFN6O4. The first-order valence-corrected chi connectivity index (χ1v) is 11.9. The molecule has 0 aliphatic carbocycles. The number of hydrogen-bond donors (Lipinski definition) is 1. The first-order valence-electron chi connectivity index (χ1n) is 11.5. The van der Waals surface area contributed by atoms with Crippen molar-refractivity contribution in [2.45, 2.75) is 52.2 Å². The fourth-order valence-electron chi connectivity index (χ4n) is 4.27. The fraction of sp³-hybridized carbons (Fsp3) is 0.458. The van der Waals surface area contributed by atoms with E-state index in [-0.39, 0.29) is 47.7 Å². The maximum absolute atomic E-state index is 15.4. The highest BCUT2D eigenvalue weighted by Crippen LogP contribution is 2.44. The van der Waals surface area contributed by atoms with Crippen molar-refractivity contribution in [3.63, 3.8) is 0 Å². The van der Waals surface area contributed by atoms with Crippen LogP contribution in [0.4, 0.5) is 15.0 Å². The van der Waals surface area contributed by atoms with Gasteiger partial charge in [-0.1, -0.05) is 11.6 Å². The minimum Gasteiger partial charge on any atom is -0.493 e. The Morgan fingerprint density at radius 2 is 2.06 bits per heavy atom. The molecule has 0 bridgehead atoms. The molecule has 2 aromatic heterocycles. The number of carbonyl (C=O) groups excluding carboxylic acids is 2. The lowest BCUT2D eigenvalue weighted by atomic mass is 9.88. The van der Waals surface area contributed by atoms with Crippen LogP contribution in [0.1, 0.15) is 68.2 Å². The maximum atomic E-state index is 15.4. The van der Waals surface area contributed by atoms with Gasteiger partial charge in [-0.05, 0) is 40.7 Å². The molecule has 12 heteroatoms. The molecule has 4 rings (SSSR count). The lowest BCUT2D eigenvalue weighted by Gasteiger charge is -2.41. The molecule has 1 fully saturated rings. The van der Waals surface area contributed by atoms with E-state index in [0.717, 1.165) is 0 Å². The molecule has 3 heterocycles. The van der Waals surface area contributed by atoms with Gasteiger partial charge in [0.2, 0.25) is 0 Å². The van der Waals surface area contributed by atoms with Gasteiger partial charge in [-0.15, -0.1) is 0 Å². The van der Waals surface area contributed by atoms with Gasteiger partial charge in [0.25, 0.3) is 0 Å². The van der Waals surface area contributed by atoms with E-state index in [1.54, 1.807) is 27.7 Å². The predicted octanol–water partition coefficient (Wildman–Crippen LogP) is 4.36. The van der Waals surface area contributed by atoms with E-state index in [1.807, 2.05) is 6.92 Å². The van der Waals surface area contributed by atoms with Gasteiger partial charge in [0.1, 0.15) is 35.0 Å². The molecule has 1 aliphatic heterocycles. The average molecular weight is 519 g/mol. The molecule has 10 nitrogen and oxygen atoms in total. The van der Waals surface area contributed by atoms with E-state index in [0.29, 0.717) is 28.6 Å². The third kappa shape index (κ3) is 4.55. The summed E-state index contributed by atoms with van der Waals surface area (Å²) in [6.07, 6.45) is 1.40. The minimum atomic E-state index is -0.636. The lowest BCUT2D eigenvalue weighted by Crippen LogP contribution is -2.50. The van der Waals surface area contributed by atoms with Gasteiger partial charge in [0.05, 0.1) is 23.1 Å². The second-order valence-electron chi connectivity index (χ2n) is 9.60.